The Morgan fingerprint density at radius 3 is 2.42 bits per heavy atom. The van der Waals surface area contributed by atoms with Gasteiger partial charge in [-0.15, -0.1) is 11.3 Å². The normalized spacial score (nSPS) is 13.1. The number of aliphatic hydroxyl groups excluding tert-OH is 1. The lowest BCUT2D eigenvalue weighted by molar-refractivity contribution is 0.154. The van der Waals surface area contributed by atoms with E-state index in [1.54, 1.807) is 18.2 Å². The minimum Gasteiger partial charge on any atom is -0.493 e. The highest BCUT2D eigenvalue weighted by Crippen LogP contribution is 2.31. The molecule has 1 unspecified atom stereocenters. The average molecular weight is 392 g/mol. The van der Waals surface area contributed by atoms with Crippen molar-refractivity contribution in [2.24, 2.45) is 0 Å². The standard InChI is InChI=1S/C15H18ClNO5S2/c1-17(24(19,20)15-7-6-14(16)23-15)9-11(18)10-4-5-12(21-2)13(8-10)22-3/h4-8,11,18H,9H2,1-3H3. The fraction of sp³-hybridized carbons (Fsp3) is 0.333. The summed E-state index contributed by atoms with van der Waals surface area (Å²) in [5, 5.41) is 10.4. The van der Waals surface area contributed by atoms with Gasteiger partial charge in [-0.25, -0.2) is 8.42 Å². The molecule has 1 heterocycles. The first-order valence-corrected chi connectivity index (χ1v) is 9.54. The Bertz CT molecular complexity index is 806. The molecule has 1 aromatic heterocycles. The number of sulfonamides is 1. The molecule has 9 heteroatoms. The van der Waals surface area contributed by atoms with E-state index in [2.05, 4.69) is 0 Å². The van der Waals surface area contributed by atoms with Crippen LogP contribution >= 0.6 is 22.9 Å². The molecular formula is C15H18ClNO5S2. The van der Waals surface area contributed by atoms with E-state index in [4.69, 9.17) is 21.1 Å². The maximum Gasteiger partial charge on any atom is 0.252 e. The summed E-state index contributed by atoms with van der Waals surface area (Å²) in [6.07, 6.45) is -1.01. The van der Waals surface area contributed by atoms with Crippen molar-refractivity contribution in [1.29, 1.82) is 0 Å². The first kappa shape index (κ1) is 19.0. The molecule has 0 radical (unpaired) electrons. The molecule has 24 heavy (non-hydrogen) atoms. The summed E-state index contributed by atoms with van der Waals surface area (Å²) in [7, 11) is 0.717. The minimum atomic E-state index is -3.70. The van der Waals surface area contributed by atoms with E-state index in [0.717, 1.165) is 15.6 Å². The van der Waals surface area contributed by atoms with Crippen LogP contribution in [0.3, 0.4) is 0 Å². The van der Waals surface area contributed by atoms with Gasteiger partial charge < -0.3 is 14.6 Å². The number of rotatable bonds is 7. The second-order valence-corrected chi connectivity index (χ2v) is 8.96. The lowest BCUT2D eigenvalue weighted by Crippen LogP contribution is -2.30. The highest BCUT2D eigenvalue weighted by Gasteiger charge is 2.25. The molecule has 0 saturated carbocycles. The number of aliphatic hydroxyl groups is 1. The fourth-order valence-electron chi connectivity index (χ4n) is 2.10. The lowest BCUT2D eigenvalue weighted by atomic mass is 10.1. The molecule has 2 aromatic rings. The number of methoxy groups -OCH3 is 2. The number of benzene rings is 1. The molecule has 1 N–H and O–H groups in total. The SMILES string of the molecule is COc1ccc(C(O)CN(C)S(=O)(=O)c2ccc(Cl)s2)cc1OC. The van der Waals surface area contributed by atoms with Gasteiger partial charge in [0.05, 0.1) is 24.7 Å². The van der Waals surface area contributed by atoms with Gasteiger partial charge in [-0.2, -0.15) is 4.31 Å². The maximum atomic E-state index is 12.5. The number of hydrogen-bond donors (Lipinski definition) is 1. The highest BCUT2D eigenvalue weighted by molar-refractivity contribution is 7.91. The molecule has 0 spiro atoms. The summed E-state index contributed by atoms with van der Waals surface area (Å²) < 4.78 is 36.9. The Morgan fingerprint density at radius 1 is 1.21 bits per heavy atom. The molecule has 0 aliphatic rings. The van der Waals surface area contributed by atoms with Crippen molar-refractivity contribution >= 4 is 33.0 Å². The summed E-state index contributed by atoms with van der Waals surface area (Å²) in [6, 6.07) is 7.91. The maximum absolute atomic E-state index is 12.5. The van der Waals surface area contributed by atoms with Crippen LogP contribution in [0.1, 0.15) is 11.7 Å². The van der Waals surface area contributed by atoms with Gasteiger partial charge in [0.25, 0.3) is 10.0 Å². The number of nitrogens with zero attached hydrogens (tertiary/aromatic N) is 1. The molecule has 1 aromatic carbocycles. The van der Waals surface area contributed by atoms with Crippen LogP contribution in [0.15, 0.2) is 34.5 Å². The Balaban J connectivity index is 2.18. The Hall–Kier alpha value is -1.32. The van der Waals surface area contributed by atoms with Gasteiger partial charge in [-0.05, 0) is 29.8 Å². The van der Waals surface area contributed by atoms with E-state index in [0.29, 0.717) is 21.4 Å². The van der Waals surface area contributed by atoms with E-state index < -0.39 is 16.1 Å². The molecule has 0 saturated heterocycles. The summed E-state index contributed by atoms with van der Waals surface area (Å²) >= 11 is 6.77. The predicted octanol–water partition coefficient (Wildman–Crippen LogP) is 2.77. The van der Waals surface area contributed by atoms with E-state index >= 15 is 0 Å². The van der Waals surface area contributed by atoms with Crippen molar-refractivity contribution in [3.8, 4) is 11.5 Å². The van der Waals surface area contributed by atoms with Crippen molar-refractivity contribution in [2.75, 3.05) is 27.8 Å². The fourth-order valence-corrected chi connectivity index (χ4v) is 4.97. The topological polar surface area (TPSA) is 76.1 Å². The van der Waals surface area contributed by atoms with Crippen LogP contribution < -0.4 is 9.47 Å². The van der Waals surface area contributed by atoms with Crippen molar-refractivity contribution in [3.05, 3.63) is 40.2 Å². The molecule has 132 valence electrons. The third-order valence-corrected chi connectivity index (χ3v) is 6.96. The Morgan fingerprint density at radius 2 is 1.88 bits per heavy atom. The summed E-state index contributed by atoms with van der Waals surface area (Å²) in [5.74, 6) is 0.993. The molecular weight excluding hydrogens is 374 g/mol. The second kappa shape index (κ2) is 7.71. The number of likely N-dealkylation sites (N-methyl/N-ethyl adjacent to an activating group) is 1. The summed E-state index contributed by atoms with van der Waals surface area (Å²) in [5.41, 5.74) is 0.527. The van der Waals surface area contributed by atoms with E-state index in [1.165, 1.54) is 33.4 Å². The summed E-state index contributed by atoms with van der Waals surface area (Å²) in [6.45, 7) is -0.104. The Labute approximate surface area is 150 Å². The van der Waals surface area contributed by atoms with E-state index in [9.17, 15) is 13.5 Å². The number of ether oxygens (including phenoxy) is 2. The molecule has 2 rings (SSSR count). The van der Waals surface area contributed by atoms with Gasteiger partial charge in [0, 0.05) is 13.6 Å². The quantitative estimate of drug-likeness (QED) is 0.785. The van der Waals surface area contributed by atoms with Crippen molar-refractivity contribution in [3.63, 3.8) is 0 Å². The molecule has 0 bridgehead atoms. The Kier molecular flexibility index (Phi) is 6.11. The first-order chi connectivity index (χ1) is 11.3. The average Bonchev–Trinajstić information content (AvgIpc) is 3.01. The minimum absolute atomic E-state index is 0.104. The van der Waals surface area contributed by atoms with Gasteiger partial charge in [-0.3, -0.25) is 0 Å². The molecule has 1 atom stereocenters. The second-order valence-electron chi connectivity index (χ2n) is 4.97. The molecule has 0 aliphatic carbocycles. The highest BCUT2D eigenvalue weighted by atomic mass is 35.5. The zero-order valence-corrected chi connectivity index (χ0v) is 15.8. The smallest absolute Gasteiger partial charge is 0.252 e. The van der Waals surface area contributed by atoms with Crippen LogP contribution in [0.5, 0.6) is 11.5 Å². The van der Waals surface area contributed by atoms with E-state index in [1.807, 2.05) is 0 Å². The van der Waals surface area contributed by atoms with Gasteiger partial charge in [0.2, 0.25) is 0 Å². The van der Waals surface area contributed by atoms with Crippen LogP contribution in [-0.2, 0) is 10.0 Å². The van der Waals surface area contributed by atoms with Gasteiger partial charge in [0.15, 0.2) is 11.5 Å². The summed E-state index contributed by atoms with van der Waals surface area (Å²) in [4.78, 5) is 0. The van der Waals surface area contributed by atoms with Crippen molar-refractivity contribution < 1.29 is 23.0 Å². The van der Waals surface area contributed by atoms with Gasteiger partial charge in [-0.1, -0.05) is 17.7 Å². The number of thiophene rings is 1. The van der Waals surface area contributed by atoms with Gasteiger partial charge >= 0.3 is 0 Å². The molecule has 0 amide bonds. The third-order valence-electron chi connectivity index (χ3n) is 3.44. The number of hydrogen-bond acceptors (Lipinski definition) is 6. The van der Waals surface area contributed by atoms with Crippen LogP contribution in [0.4, 0.5) is 0 Å². The number of halogens is 1. The molecule has 6 nitrogen and oxygen atoms in total. The molecule has 0 aliphatic heterocycles. The van der Waals surface area contributed by atoms with Crippen LogP contribution in [-0.4, -0.2) is 45.6 Å². The third kappa shape index (κ3) is 4.01. The predicted molar refractivity (Wildman–Crippen MR) is 93.7 cm³/mol. The molecule has 0 fully saturated rings. The first-order valence-electron chi connectivity index (χ1n) is 6.91. The van der Waals surface area contributed by atoms with Crippen LogP contribution in [0.25, 0.3) is 0 Å². The van der Waals surface area contributed by atoms with Crippen LogP contribution in [0.2, 0.25) is 4.34 Å². The lowest BCUT2D eigenvalue weighted by Gasteiger charge is -2.20. The monoisotopic (exact) mass is 391 g/mol. The van der Waals surface area contributed by atoms with Crippen molar-refractivity contribution in [1.82, 2.24) is 4.31 Å². The van der Waals surface area contributed by atoms with E-state index in [-0.39, 0.29) is 10.8 Å². The van der Waals surface area contributed by atoms with Gasteiger partial charge in [0.1, 0.15) is 4.21 Å². The largest absolute Gasteiger partial charge is 0.493 e. The zero-order valence-electron chi connectivity index (χ0n) is 13.4. The zero-order chi connectivity index (χ0) is 17.9. The van der Waals surface area contributed by atoms with Crippen LogP contribution in [0, 0.1) is 0 Å². The van der Waals surface area contributed by atoms with Crippen molar-refractivity contribution in [2.45, 2.75) is 10.3 Å².